The Bertz CT molecular complexity index is 381. The van der Waals surface area contributed by atoms with Crippen LogP contribution in [0, 0.1) is 13.8 Å². The molecule has 2 rings (SSSR count). The Labute approximate surface area is 104 Å². The van der Waals surface area contributed by atoms with E-state index in [4.69, 9.17) is 0 Å². The van der Waals surface area contributed by atoms with Gasteiger partial charge in [-0.15, -0.1) is 0 Å². The molecule has 0 unspecified atom stereocenters. The highest BCUT2D eigenvalue weighted by molar-refractivity contribution is 5.29. The maximum Gasteiger partial charge on any atom is 0.0613 e. The smallest absolute Gasteiger partial charge is 0.0613 e. The highest BCUT2D eigenvalue weighted by Gasteiger charge is 2.32. The van der Waals surface area contributed by atoms with Crippen LogP contribution >= 0.6 is 0 Å². The van der Waals surface area contributed by atoms with Crippen LogP contribution in [0.2, 0.25) is 0 Å². The molecular formula is C15H23NO. The summed E-state index contributed by atoms with van der Waals surface area (Å²) in [5.41, 5.74) is 3.98. The minimum absolute atomic E-state index is 0.0151. The van der Waals surface area contributed by atoms with Gasteiger partial charge in [0.1, 0.15) is 0 Å². The van der Waals surface area contributed by atoms with Crippen molar-refractivity contribution in [2.24, 2.45) is 0 Å². The fourth-order valence-corrected chi connectivity index (χ4v) is 2.65. The van der Waals surface area contributed by atoms with E-state index in [-0.39, 0.29) is 12.1 Å². The number of aliphatic hydroxyl groups excluding tert-OH is 1. The molecule has 0 spiro atoms. The maximum absolute atomic E-state index is 9.53. The van der Waals surface area contributed by atoms with E-state index >= 15 is 0 Å². The Morgan fingerprint density at radius 2 is 1.88 bits per heavy atom. The zero-order valence-corrected chi connectivity index (χ0v) is 10.9. The second-order valence-electron chi connectivity index (χ2n) is 5.42. The van der Waals surface area contributed by atoms with Crippen molar-refractivity contribution in [3.05, 3.63) is 34.9 Å². The molecule has 0 amide bonds. The summed E-state index contributed by atoms with van der Waals surface area (Å²) >= 11 is 0. The highest BCUT2D eigenvalue weighted by atomic mass is 16.3. The van der Waals surface area contributed by atoms with Crippen molar-refractivity contribution in [1.29, 1.82) is 0 Å². The summed E-state index contributed by atoms with van der Waals surface area (Å²) in [7, 11) is 0. The lowest BCUT2D eigenvalue weighted by Crippen LogP contribution is -2.45. The standard InChI is InChI=1S/C15H23NO/c1-12-5-6-14(9-13(12)2)10-16-15(11-17)7-3-4-8-15/h5-6,9,16-17H,3-4,7-8,10-11H2,1-2H3. The molecule has 0 radical (unpaired) electrons. The van der Waals surface area contributed by atoms with Gasteiger partial charge in [0.15, 0.2) is 0 Å². The van der Waals surface area contributed by atoms with E-state index < -0.39 is 0 Å². The molecule has 1 fully saturated rings. The van der Waals surface area contributed by atoms with Gasteiger partial charge in [0.25, 0.3) is 0 Å². The van der Waals surface area contributed by atoms with E-state index in [0.717, 1.165) is 19.4 Å². The van der Waals surface area contributed by atoms with Gasteiger partial charge in [0.2, 0.25) is 0 Å². The van der Waals surface area contributed by atoms with Crippen molar-refractivity contribution in [1.82, 2.24) is 5.32 Å². The zero-order chi connectivity index (χ0) is 12.3. The van der Waals surface area contributed by atoms with Crippen molar-refractivity contribution in [2.75, 3.05) is 6.61 Å². The van der Waals surface area contributed by atoms with Crippen LogP contribution in [0.15, 0.2) is 18.2 Å². The topological polar surface area (TPSA) is 32.3 Å². The van der Waals surface area contributed by atoms with Crippen LogP contribution < -0.4 is 5.32 Å². The molecule has 1 aliphatic rings. The third kappa shape index (κ3) is 2.88. The summed E-state index contributed by atoms with van der Waals surface area (Å²) in [5.74, 6) is 0. The summed E-state index contributed by atoms with van der Waals surface area (Å²) in [4.78, 5) is 0. The molecule has 1 aromatic rings. The average molecular weight is 233 g/mol. The van der Waals surface area contributed by atoms with Gasteiger partial charge in [-0.1, -0.05) is 31.0 Å². The number of benzene rings is 1. The molecule has 0 bridgehead atoms. The number of aliphatic hydroxyl groups is 1. The van der Waals surface area contributed by atoms with Crippen molar-refractivity contribution >= 4 is 0 Å². The first-order chi connectivity index (χ1) is 8.15. The van der Waals surface area contributed by atoms with Crippen LogP contribution in [0.25, 0.3) is 0 Å². The summed E-state index contributed by atoms with van der Waals surface area (Å²) in [6, 6.07) is 6.59. The Balaban J connectivity index is 1.99. The summed E-state index contributed by atoms with van der Waals surface area (Å²) < 4.78 is 0. The lowest BCUT2D eigenvalue weighted by molar-refractivity contribution is 0.163. The Hall–Kier alpha value is -0.860. The average Bonchev–Trinajstić information content (AvgIpc) is 2.80. The van der Waals surface area contributed by atoms with Crippen molar-refractivity contribution < 1.29 is 5.11 Å². The predicted octanol–water partition coefficient (Wildman–Crippen LogP) is 2.70. The predicted molar refractivity (Wildman–Crippen MR) is 71.0 cm³/mol. The van der Waals surface area contributed by atoms with Gasteiger partial charge in [0, 0.05) is 12.1 Å². The van der Waals surface area contributed by atoms with Crippen LogP contribution in [-0.4, -0.2) is 17.3 Å². The van der Waals surface area contributed by atoms with E-state index in [1.807, 2.05) is 0 Å². The third-order valence-corrected chi connectivity index (χ3v) is 4.10. The SMILES string of the molecule is Cc1ccc(CNC2(CO)CCCC2)cc1C. The molecule has 17 heavy (non-hydrogen) atoms. The van der Waals surface area contributed by atoms with Crippen LogP contribution in [0.5, 0.6) is 0 Å². The number of hydrogen-bond donors (Lipinski definition) is 2. The number of rotatable bonds is 4. The number of aryl methyl sites for hydroxylation is 2. The van der Waals surface area contributed by atoms with Gasteiger partial charge >= 0.3 is 0 Å². The van der Waals surface area contributed by atoms with Gasteiger partial charge in [0.05, 0.1) is 6.61 Å². The fraction of sp³-hybridized carbons (Fsp3) is 0.600. The molecule has 2 nitrogen and oxygen atoms in total. The molecule has 2 N–H and O–H groups in total. The summed E-state index contributed by atoms with van der Waals surface area (Å²) in [6.45, 7) is 5.41. The second kappa shape index (κ2) is 5.19. The van der Waals surface area contributed by atoms with E-state index in [1.54, 1.807) is 0 Å². The van der Waals surface area contributed by atoms with Crippen molar-refractivity contribution in [2.45, 2.75) is 51.6 Å². The molecule has 0 aromatic heterocycles. The van der Waals surface area contributed by atoms with Gasteiger partial charge in [-0.2, -0.15) is 0 Å². The Morgan fingerprint density at radius 1 is 1.18 bits per heavy atom. The summed E-state index contributed by atoms with van der Waals surface area (Å²) in [5, 5.41) is 13.1. The van der Waals surface area contributed by atoms with Crippen molar-refractivity contribution in [3.63, 3.8) is 0 Å². The monoisotopic (exact) mass is 233 g/mol. The minimum Gasteiger partial charge on any atom is -0.394 e. The van der Waals surface area contributed by atoms with Gasteiger partial charge < -0.3 is 10.4 Å². The summed E-state index contributed by atoms with van der Waals surface area (Å²) in [6.07, 6.45) is 4.68. The number of nitrogens with one attached hydrogen (secondary N) is 1. The lowest BCUT2D eigenvalue weighted by atomic mass is 9.98. The van der Waals surface area contributed by atoms with E-state index in [1.165, 1.54) is 29.5 Å². The molecule has 0 saturated heterocycles. The minimum atomic E-state index is -0.0151. The molecule has 2 heteroatoms. The molecular weight excluding hydrogens is 210 g/mol. The molecule has 0 aliphatic heterocycles. The maximum atomic E-state index is 9.53. The first kappa shape index (κ1) is 12.6. The Morgan fingerprint density at radius 3 is 2.47 bits per heavy atom. The zero-order valence-electron chi connectivity index (χ0n) is 10.9. The second-order valence-corrected chi connectivity index (χ2v) is 5.42. The molecule has 94 valence electrons. The molecule has 1 aliphatic carbocycles. The highest BCUT2D eigenvalue weighted by Crippen LogP contribution is 2.29. The fourth-order valence-electron chi connectivity index (χ4n) is 2.65. The van der Waals surface area contributed by atoms with Gasteiger partial charge in [-0.25, -0.2) is 0 Å². The van der Waals surface area contributed by atoms with Crippen LogP contribution in [0.1, 0.15) is 42.4 Å². The van der Waals surface area contributed by atoms with Crippen LogP contribution in [-0.2, 0) is 6.54 Å². The van der Waals surface area contributed by atoms with E-state index in [9.17, 15) is 5.11 Å². The molecule has 0 heterocycles. The number of hydrogen-bond acceptors (Lipinski definition) is 2. The van der Waals surface area contributed by atoms with E-state index in [2.05, 4.69) is 37.4 Å². The molecule has 0 atom stereocenters. The Kier molecular flexibility index (Phi) is 3.85. The lowest BCUT2D eigenvalue weighted by Gasteiger charge is -2.28. The normalized spacial score (nSPS) is 18.5. The molecule has 1 aromatic carbocycles. The van der Waals surface area contributed by atoms with Crippen LogP contribution in [0.4, 0.5) is 0 Å². The first-order valence-corrected chi connectivity index (χ1v) is 6.57. The molecule has 1 saturated carbocycles. The van der Waals surface area contributed by atoms with Gasteiger partial charge in [-0.05, 0) is 43.4 Å². The quantitative estimate of drug-likeness (QED) is 0.838. The third-order valence-electron chi connectivity index (χ3n) is 4.10. The van der Waals surface area contributed by atoms with Crippen LogP contribution in [0.3, 0.4) is 0 Å². The first-order valence-electron chi connectivity index (χ1n) is 6.57. The largest absolute Gasteiger partial charge is 0.394 e. The van der Waals surface area contributed by atoms with E-state index in [0.29, 0.717) is 0 Å². The van der Waals surface area contributed by atoms with Gasteiger partial charge in [-0.3, -0.25) is 0 Å². The van der Waals surface area contributed by atoms with Crippen molar-refractivity contribution in [3.8, 4) is 0 Å².